The van der Waals surface area contributed by atoms with Gasteiger partial charge in [-0.15, -0.1) is 0 Å². The Morgan fingerprint density at radius 1 is 0.711 bits per heavy atom. The lowest BCUT2D eigenvalue weighted by Gasteiger charge is -2.27. The average molecular weight is 617 g/mol. The van der Waals surface area contributed by atoms with E-state index >= 15 is 0 Å². The zero-order valence-electron chi connectivity index (χ0n) is 26.2. The molecule has 0 bridgehead atoms. The summed E-state index contributed by atoms with van der Waals surface area (Å²) in [5.74, 6) is -3.29. The predicted molar refractivity (Wildman–Crippen MR) is 174 cm³/mol. The van der Waals surface area contributed by atoms with Crippen molar-refractivity contribution >= 4 is 45.5 Å². The molecule has 11 heteroatoms. The molecule has 2 aromatic carbocycles. The zero-order chi connectivity index (χ0) is 32.7. The number of carbonyl (C=O) groups excluding carboxylic acids is 3. The minimum absolute atomic E-state index is 0.0918. The average Bonchev–Trinajstić information content (AvgIpc) is 3.65. The largest absolute Gasteiger partial charge is 0.480 e. The number of aromatic amines is 2. The van der Waals surface area contributed by atoms with Gasteiger partial charge in [0.2, 0.25) is 17.7 Å². The van der Waals surface area contributed by atoms with Crippen LogP contribution in [0, 0.1) is 11.8 Å². The fourth-order valence-corrected chi connectivity index (χ4v) is 5.45. The summed E-state index contributed by atoms with van der Waals surface area (Å²) in [6.45, 7) is 7.40. The Balaban J connectivity index is 1.66. The van der Waals surface area contributed by atoms with Gasteiger partial charge in [0.05, 0.1) is 6.04 Å². The van der Waals surface area contributed by atoms with Crippen molar-refractivity contribution in [2.24, 2.45) is 17.6 Å². The molecule has 240 valence electrons. The van der Waals surface area contributed by atoms with Gasteiger partial charge in [-0.05, 0) is 35.1 Å². The molecule has 0 saturated carbocycles. The number of carboxylic acids is 1. The summed E-state index contributed by atoms with van der Waals surface area (Å²) < 4.78 is 0. The van der Waals surface area contributed by atoms with Crippen molar-refractivity contribution in [1.82, 2.24) is 25.9 Å². The van der Waals surface area contributed by atoms with Crippen LogP contribution < -0.4 is 21.7 Å². The number of amides is 3. The number of aromatic nitrogens is 2. The third kappa shape index (κ3) is 7.91. The molecule has 4 rings (SSSR count). The first kappa shape index (κ1) is 33.3. The van der Waals surface area contributed by atoms with Crippen LogP contribution in [0.1, 0.15) is 51.7 Å². The van der Waals surface area contributed by atoms with Gasteiger partial charge in [-0.25, -0.2) is 4.79 Å². The standard InChI is InChI=1S/C34H44N6O5/c1-5-19(3)29(35)33(43)39-27(15-21-17-36-25-13-9-7-11-23(21)25)31(41)38-28(32(42)40-30(34(44)45)20(4)6-2)16-22-18-37-26-14-10-8-12-24(22)26/h7-14,17-20,27-30,36-37H,5-6,15-16,35H2,1-4H3,(H,38,41)(H,39,43)(H,40,42)(H,44,45). The second-order valence-electron chi connectivity index (χ2n) is 11.9. The van der Waals surface area contributed by atoms with Gasteiger partial charge in [-0.2, -0.15) is 0 Å². The Morgan fingerprint density at radius 3 is 1.62 bits per heavy atom. The Labute approximate surface area is 262 Å². The highest BCUT2D eigenvalue weighted by atomic mass is 16.4. The number of nitrogens with two attached hydrogens (primary N) is 1. The van der Waals surface area contributed by atoms with E-state index < -0.39 is 47.9 Å². The van der Waals surface area contributed by atoms with E-state index in [0.717, 1.165) is 32.9 Å². The number of aliphatic carboxylic acids is 1. The van der Waals surface area contributed by atoms with Crippen molar-refractivity contribution in [1.29, 1.82) is 0 Å². The van der Waals surface area contributed by atoms with Gasteiger partial charge in [-0.1, -0.05) is 76.9 Å². The number of nitrogens with one attached hydrogen (secondary N) is 5. The Kier molecular flexibility index (Phi) is 11.0. The van der Waals surface area contributed by atoms with Gasteiger partial charge < -0.3 is 36.8 Å². The Bertz CT molecular complexity index is 1640. The SMILES string of the molecule is CCC(C)C(N)C(=O)NC(Cc1c[nH]c2ccccc12)C(=O)NC(Cc1c[nH]c2ccccc12)C(=O)NC(C(=O)O)C(C)CC. The molecule has 2 aromatic heterocycles. The molecule has 0 aliphatic carbocycles. The Hall–Kier alpha value is -4.64. The highest BCUT2D eigenvalue weighted by molar-refractivity contribution is 5.95. The molecule has 0 aliphatic heterocycles. The van der Waals surface area contributed by atoms with Crippen molar-refractivity contribution in [2.75, 3.05) is 0 Å². The first-order valence-corrected chi connectivity index (χ1v) is 15.5. The third-order valence-electron chi connectivity index (χ3n) is 8.80. The molecular formula is C34H44N6O5. The first-order chi connectivity index (χ1) is 21.5. The van der Waals surface area contributed by atoms with E-state index in [1.807, 2.05) is 69.3 Å². The molecule has 0 saturated heterocycles. The summed E-state index contributed by atoms with van der Waals surface area (Å²) in [6, 6.07) is 11.1. The first-order valence-electron chi connectivity index (χ1n) is 15.5. The highest BCUT2D eigenvalue weighted by Crippen LogP contribution is 2.21. The summed E-state index contributed by atoms with van der Waals surface area (Å²) in [5.41, 5.74) is 9.56. The van der Waals surface area contributed by atoms with Crippen molar-refractivity contribution in [3.63, 3.8) is 0 Å². The van der Waals surface area contributed by atoms with E-state index in [-0.39, 0.29) is 24.7 Å². The van der Waals surface area contributed by atoms with Crippen LogP contribution in [0.2, 0.25) is 0 Å². The van der Waals surface area contributed by atoms with Crippen LogP contribution in [0.5, 0.6) is 0 Å². The monoisotopic (exact) mass is 616 g/mol. The number of carbonyl (C=O) groups is 4. The smallest absolute Gasteiger partial charge is 0.326 e. The molecular weight excluding hydrogens is 572 g/mol. The van der Waals surface area contributed by atoms with Crippen LogP contribution in [0.4, 0.5) is 0 Å². The van der Waals surface area contributed by atoms with Crippen molar-refractivity contribution < 1.29 is 24.3 Å². The quantitative estimate of drug-likeness (QED) is 0.107. The van der Waals surface area contributed by atoms with Crippen molar-refractivity contribution in [3.05, 3.63) is 72.1 Å². The molecule has 0 spiro atoms. The Morgan fingerprint density at radius 2 is 1.16 bits per heavy atom. The predicted octanol–water partition coefficient (Wildman–Crippen LogP) is 3.39. The van der Waals surface area contributed by atoms with Gasteiger partial charge in [0.25, 0.3) is 0 Å². The van der Waals surface area contributed by atoms with Gasteiger partial charge in [0.15, 0.2) is 0 Å². The van der Waals surface area contributed by atoms with Crippen LogP contribution in [-0.4, -0.2) is 62.9 Å². The van der Waals surface area contributed by atoms with E-state index in [9.17, 15) is 24.3 Å². The van der Waals surface area contributed by atoms with Crippen LogP contribution in [0.3, 0.4) is 0 Å². The van der Waals surface area contributed by atoms with E-state index in [1.54, 1.807) is 19.3 Å². The number of hydrogen-bond donors (Lipinski definition) is 7. The van der Waals surface area contributed by atoms with Crippen molar-refractivity contribution in [2.45, 2.75) is 77.5 Å². The number of H-pyrrole nitrogens is 2. The molecule has 0 radical (unpaired) electrons. The van der Waals surface area contributed by atoms with E-state index in [4.69, 9.17) is 5.73 Å². The molecule has 0 aliphatic rings. The lowest BCUT2D eigenvalue weighted by molar-refractivity contribution is -0.143. The lowest BCUT2D eigenvalue weighted by atomic mass is 9.97. The topological polar surface area (TPSA) is 182 Å². The van der Waals surface area contributed by atoms with Crippen LogP contribution in [0.15, 0.2) is 60.9 Å². The fourth-order valence-electron chi connectivity index (χ4n) is 5.45. The molecule has 2 heterocycles. The molecule has 4 aromatic rings. The lowest BCUT2D eigenvalue weighted by Crippen LogP contribution is -2.59. The maximum absolute atomic E-state index is 14.0. The van der Waals surface area contributed by atoms with Crippen LogP contribution >= 0.6 is 0 Å². The number of hydrogen-bond acceptors (Lipinski definition) is 5. The van der Waals surface area contributed by atoms with Gasteiger partial charge in [0, 0.05) is 47.0 Å². The summed E-state index contributed by atoms with van der Waals surface area (Å²) in [7, 11) is 0. The second kappa shape index (κ2) is 14.9. The molecule has 0 fully saturated rings. The maximum Gasteiger partial charge on any atom is 0.326 e. The fraction of sp³-hybridized carbons (Fsp3) is 0.412. The number of benzene rings is 2. The second-order valence-corrected chi connectivity index (χ2v) is 11.9. The van der Waals surface area contributed by atoms with E-state index in [0.29, 0.717) is 12.8 Å². The minimum atomic E-state index is -1.15. The summed E-state index contributed by atoms with van der Waals surface area (Å²) in [6.07, 6.45) is 5.02. The molecule has 8 N–H and O–H groups in total. The molecule has 3 amide bonds. The van der Waals surface area contributed by atoms with E-state index in [2.05, 4.69) is 25.9 Å². The summed E-state index contributed by atoms with van der Waals surface area (Å²) in [5, 5.41) is 20.0. The van der Waals surface area contributed by atoms with Gasteiger partial charge >= 0.3 is 5.97 Å². The maximum atomic E-state index is 14.0. The normalized spacial score (nSPS) is 15.5. The number of rotatable bonds is 15. The molecule has 6 unspecified atom stereocenters. The molecule has 6 atom stereocenters. The third-order valence-corrected chi connectivity index (χ3v) is 8.80. The minimum Gasteiger partial charge on any atom is -0.480 e. The van der Waals surface area contributed by atoms with Crippen LogP contribution in [0.25, 0.3) is 21.8 Å². The van der Waals surface area contributed by atoms with Crippen LogP contribution in [-0.2, 0) is 32.0 Å². The van der Waals surface area contributed by atoms with Gasteiger partial charge in [0.1, 0.15) is 18.1 Å². The molecule has 45 heavy (non-hydrogen) atoms. The van der Waals surface area contributed by atoms with E-state index in [1.165, 1.54) is 0 Å². The summed E-state index contributed by atoms with van der Waals surface area (Å²) >= 11 is 0. The number of fused-ring (bicyclic) bond motifs is 2. The summed E-state index contributed by atoms with van der Waals surface area (Å²) in [4.78, 5) is 59.4. The van der Waals surface area contributed by atoms with Gasteiger partial charge in [-0.3, -0.25) is 14.4 Å². The number of para-hydroxylation sites is 2. The zero-order valence-corrected chi connectivity index (χ0v) is 26.2. The highest BCUT2D eigenvalue weighted by Gasteiger charge is 2.33. The number of carboxylic acid groups (broad SMARTS) is 1. The molecule has 11 nitrogen and oxygen atoms in total. The van der Waals surface area contributed by atoms with Crippen molar-refractivity contribution in [3.8, 4) is 0 Å².